The predicted molar refractivity (Wildman–Crippen MR) is 61.1 cm³/mol. The number of hydrogen-bond donors (Lipinski definition) is 2. The summed E-state index contributed by atoms with van der Waals surface area (Å²) in [6, 6.07) is 0.494. The predicted octanol–water partition coefficient (Wildman–Crippen LogP) is 1.08. The Morgan fingerprint density at radius 3 is 2.40 bits per heavy atom. The van der Waals surface area contributed by atoms with Gasteiger partial charge in [-0.15, -0.1) is 12.4 Å². The molecule has 2 saturated carbocycles. The third-order valence-electron chi connectivity index (χ3n) is 4.16. The van der Waals surface area contributed by atoms with Crippen molar-refractivity contribution >= 4 is 18.3 Å². The average molecular weight is 231 g/mol. The molecule has 3 rings (SSSR count). The second-order valence-electron chi connectivity index (χ2n) is 5.21. The van der Waals surface area contributed by atoms with Gasteiger partial charge in [0.25, 0.3) is 0 Å². The van der Waals surface area contributed by atoms with Gasteiger partial charge in [0, 0.05) is 30.5 Å². The first kappa shape index (κ1) is 11.2. The van der Waals surface area contributed by atoms with Gasteiger partial charge < -0.3 is 10.6 Å². The normalized spacial score (nSPS) is 31.9. The van der Waals surface area contributed by atoms with Crippen molar-refractivity contribution < 1.29 is 4.79 Å². The number of carbonyl (C=O) groups is 1. The minimum Gasteiger partial charge on any atom is -0.353 e. The Morgan fingerprint density at radius 1 is 1.27 bits per heavy atom. The molecule has 1 heterocycles. The van der Waals surface area contributed by atoms with E-state index in [1.807, 2.05) is 0 Å². The molecule has 1 saturated heterocycles. The van der Waals surface area contributed by atoms with Crippen LogP contribution in [-0.2, 0) is 4.79 Å². The fourth-order valence-corrected chi connectivity index (χ4v) is 2.93. The minimum absolute atomic E-state index is 0. The Kier molecular flexibility index (Phi) is 2.95. The maximum atomic E-state index is 11.8. The van der Waals surface area contributed by atoms with Crippen LogP contribution in [0.25, 0.3) is 0 Å². The summed E-state index contributed by atoms with van der Waals surface area (Å²) in [4.78, 5) is 11.8. The van der Waals surface area contributed by atoms with E-state index in [1.54, 1.807) is 0 Å². The first-order valence-electron chi connectivity index (χ1n) is 5.81. The van der Waals surface area contributed by atoms with Gasteiger partial charge in [0.05, 0.1) is 0 Å². The van der Waals surface area contributed by atoms with Crippen molar-refractivity contribution in [2.45, 2.75) is 38.1 Å². The molecule has 0 bridgehead atoms. The maximum Gasteiger partial charge on any atom is 0.224 e. The lowest BCUT2D eigenvalue weighted by atomic mass is 9.96. The van der Waals surface area contributed by atoms with E-state index < -0.39 is 0 Å². The molecule has 1 atom stereocenters. The van der Waals surface area contributed by atoms with Crippen molar-refractivity contribution in [2.75, 3.05) is 13.1 Å². The van der Waals surface area contributed by atoms with Crippen LogP contribution in [0.5, 0.6) is 0 Å². The largest absolute Gasteiger partial charge is 0.353 e. The van der Waals surface area contributed by atoms with Gasteiger partial charge in [-0.25, -0.2) is 0 Å². The van der Waals surface area contributed by atoms with Gasteiger partial charge in [0.1, 0.15) is 0 Å². The van der Waals surface area contributed by atoms with Gasteiger partial charge in [-0.1, -0.05) is 12.8 Å². The lowest BCUT2D eigenvalue weighted by Gasteiger charge is -2.28. The Bertz CT molecular complexity index is 259. The third-order valence-corrected chi connectivity index (χ3v) is 4.16. The van der Waals surface area contributed by atoms with Crippen LogP contribution in [0, 0.1) is 11.3 Å². The summed E-state index contributed by atoms with van der Waals surface area (Å²) in [6.45, 7) is 2.13. The van der Waals surface area contributed by atoms with Crippen LogP contribution in [-0.4, -0.2) is 25.0 Å². The first-order valence-corrected chi connectivity index (χ1v) is 5.81. The SMILES string of the molecule is Cl.O=C(NC1CCCC1)C1CC12CNC2. The zero-order valence-electron chi connectivity index (χ0n) is 8.92. The topological polar surface area (TPSA) is 41.1 Å². The van der Waals surface area contributed by atoms with Gasteiger partial charge in [0.15, 0.2) is 0 Å². The van der Waals surface area contributed by atoms with Crippen molar-refractivity contribution in [1.82, 2.24) is 10.6 Å². The number of nitrogens with one attached hydrogen (secondary N) is 2. The van der Waals surface area contributed by atoms with Gasteiger partial charge in [-0.2, -0.15) is 0 Å². The highest BCUT2D eigenvalue weighted by molar-refractivity contribution is 5.85. The van der Waals surface area contributed by atoms with Crippen molar-refractivity contribution in [2.24, 2.45) is 11.3 Å². The smallest absolute Gasteiger partial charge is 0.224 e. The zero-order chi connectivity index (χ0) is 9.60. The number of amides is 1. The molecule has 3 aliphatic rings. The third kappa shape index (κ3) is 1.87. The molecule has 3 fully saturated rings. The average Bonchev–Trinajstić information content (AvgIpc) is 2.71. The summed E-state index contributed by atoms with van der Waals surface area (Å²) in [5.41, 5.74) is 0.392. The van der Waals surface area contributed by atoms with Crippen LogP contribution >= 0.6 is 12.4 Å². The molecule has 1 spiro atoms. The molecule has 2 N–H and O–H groups in total. The molecule has 0 radical (unpaired) electrons. The molecule has 2 aliphatic carbocycles. The summed E-state index contributed by atoms with van der Waals surface area (Å²) >= 11 is 0. The van der Waals surface area contributed by atoms with Crippen LogP contribution in [0.1, 0.15) is 32.1 Å². The van der Waals surface area contributed by atoms with E-state index in [2.05, 4.69) is 10.6 Å². The number of hydrogen-bond acceptors (Lipinski definition) is 2. The van der Waals surface area contributed by atoms with Crippen LogP contribution in [0.15, 0.2) is 0 Å². The highest BCUT2D eigenvalue weighted by atomic mass is 35.5. The Hall–Kier alpha value is -0.280. The molecular weight excluding hydrogens is 212 g/mol. The molecule has 3 nitrogen and oxygen atoms in total. The summed E-state index contributed by atoms with van der Waals surface area (Å²) < 4.78 is 0. The summed E-state index contributed by atoms with van der Waals surface area (Å²) in [6.07, 6.45) is 6.11. The van der Waals surface area contributed by atoms with E-state index in [-0.39, 0.29) is 12.4 Å². The van der Waals surface area contributed by atoms with Crippen LogP contribution in [0.4, 0.5) is 0 Å². The van der Waals surface area contributed by atoms with E-state index >= 15 is 0 Å². The molecule has 0 aromatic heterocycles. The van der Waals surface area contributed by atoms with Gasteiger partial charge in [-0.3, -0.25) is 4.79 Å². The lowest BCUT2D eigenvalue weighted by Crippen LogP contribution is -2.47. The Balaban J connectivity index is 0.000000853. The monoisotopic (exact) mass is 230 g/mol. The van der Waals surface area contributed by atoms with E-state index in [4.69, 9.17) is 0 Å². The second kappa shape index (κ2) is 3.95. The summed E-state index contributed by atoms with van der Waals surface area (Å²) in [7, 11) is 0. The standard InChI is InChI=1S/C11H18N2O.ClH/c14-10(13-8-3-1-2-4-8)9-5-11(9)6-12-7-11;/h8-9,12H,1-7H2,(H,13,14);1H. The van der Waals surface area contributed by atoms with E-state index in [1.165, 1.54) is 25.7 Å². The van der Waals surface area contributed by atoms with Crippen molar-refractivity contribution in [3.63, 3.8) is 0 Å². The molecule has 15 heavy (non-hydrogen) atoms. The number of rotatable bonds is 2. The van der Waals surface area contributed by atoms with E-state index in [0.29, 0.717) is 23.3 Å². The van der Waals surface area contributed by atoms with Crippen LogP contribution < -0.4 is 10.6 Å². The maximum absolute atomic E-state index is 11.8. The van der Waals surface area contributed by atoms with Crippen LogP contribution in [0.3, 0.4) is 0 Å². The second-order valence-corrected chi connectivity index (χ2v) is 5.21. The molecule has 0 aromatic rings. The number of halogens is 1. The molecule has 0 aromatic carbocycles. The minimum atomic E-state index is 0. The van der Waals surface area contributed by atoms with Crippen molar-refractivity contribution in [1.29, 1.82) is 0 Å². The summed E-state index contributed by atoms with van der Waals surface area (Å²) in [5, 5.41) is 6.46. The van der Waals surface area contributed by atoms with Crippen molar-refractivity contribution in [3.8, 4) is 0 Å². The molecule has 86 valence electrons. The van der Waals surface area contributed by atoms with Gasteiger partial charge >= 0.3 is 0 Å². The molecule has 1 amide bonds. The van der Waals surface area contributed by atoms with E-state index in [9.17, 15) is 4.79 Å². The summed E-state index contributed by atoms with van der Waals surface area (Å²) in [5.74, 6) is 0.669. The molecule has 4 heteroatoms. The fraction of sp³-hybridized carbons (Fsp3) is 0.909. The zero-order valence-corrected chi connectivity index (χ0v) is 9.74. The van der Waals surface area contributed by atoms with Crippen molar-refractivity contribution in [3.05, 3.63) is 0 Å². The Morgan fingerprint density at radius 2 is 1.93 bits per heavy atom. The molecule has 1 unspecified atom stereocenters. The number of carbonyl (C=O) groups excluding carboxylic acids is 1. The van der Waals surface area contributed by atoms with Gasteiger partial charge in [0.2, 0.25) is 5.91 Å². The van der Waals surface area contributed by atoms with Crippen LogP contribution in [0.2, 0.25) is 0 Å². The van der Waals surface area contributed by atoms with Gasteiger partial charge in [-0.05, 0) is 19.3 Å². The molecule has 1 aliphatic heterocycles. The Labute approximate surface area is 96.8 Å². The molecular formula is C11H19ClN2O. The lowest BCUT2D eigenvalue weighted by molar-refractivity contribution is -0.124. The first-order chi connectivity index (χ1) is 6.80. The quantitative estimate of drug-likeness (QED) is 0.746. The highest BCUT2D eigenvalue weighted by Crippen LogP contribution is 2.55. The fourth-order valence-electron chi connectivity index (χ4n) is 2.93. The van der Waals surface area contributed by atoms with E-state index in [0.717, 1.165) is 19.5 Å². The highest BCUT2D eigenvalue weighted by Gasteiger charge is 2.61.